The van der Waals surface area contributed by atoms with Crippen molar-refractivity contribution in [3.8, 4) is 0 Å². The van der Waals surface area contributed by atoms with Crippen LogP contribution in [-0.2, 0) is 9.53 Å². The minimum absolute atomic E-state index is 0.0142. The maximum atomic E-state index is 12.9. The molecule has 2 aliphatic rings. The molecule has 1 amide bonds. The van der Waals surface area contributed by atoms with Gasteiger partial charge in [0.05, 0.1) is 25.3 Å². The summed E-state index contributed by atoms with van der Waals surface area (Å²) in [7, 11) is 0. The molecule has 0 spiro atoms. The first-order valence-electron chi connectivity index (χ1n) is 5.49. The Kier molecular flexibility index (Phi) is 3.12. The highest BCUT2D eigenvalue weighted by atomic mass is 19.3. The molecule has 0 bridgehead atoms. The van der Waals surface area contributed by atoms with Gasteiger partial charge in [0.15, 0.2) is 0 Å². The predicted octanol–water partition coefficient (Wildman–Crippen LogP) is 0.231. The number of hydrogen-bond acceptors (Lipinski definition) is 3. The van der Waals surface area contributed by atoms with Crippen LogP contribution in [0, 0.1) is 0 Å². The van der Waals surface area contributed by atoms with Crippen molar-refractivity contribution in [2.24, 2.45) is 0 Å². The first kappa shape index (κ1) is 11.7. The number of morpholine rings is 1. The van der Waals surface area contributed by atoms with Crippen molar-refractivity contribution in [2.45, 2.75) is 31.4 Å². The number of ether oxygens (including phenoxy) is 1. The summed E-state index contributed by atoms with van der Waals surface area (Å²) >= 11 is 0. The van der Waals surface area contributed by atoms with Crippen LogP contribution in [0.5, 0.6) is 0 Å². The Bertz CT molecular complexity index is 282. The molecular weight excluding hydrogens is 218 g/mol. The Balaban J connectivity index is 1.92. The number of amides is 1. The monoisotopic (exact) mass is 234 g/mol. The van der Waals surface area contributed by atoms with E-state index >= 15 is 0 Å². The number of halogens is 2. The molecule has 1 N–H and O–H groups in total. The van der Waals surface area contributed by atoms with Gasteiger partial charge in [-0.05, 0) is 6.92 Å². The van der Waals surface area contributed by atoms with E-state index in [-0.39, 0.29) is 12.0 Å². The van der Waals surface area contributed by atoms with Gasteiger partial charge in [-0.1, -0.05) is 0 Å². The van der Waals surface area contributed by atoms with Gasteiger partial charge in [-0.2, -0.15) is 0 Å². The molecule has 4 nitrogen and oxygen atoms in total. The van der Waals surface area contributed by atoms with E-state index in [0.29, 0.717) is 19.7 Å². The fourth-order valence-corrected chi connectivity index (χ4v) is 2.13. The van der Waals surface area contributed by atoms with Crippen LogP contribution in [0.3, 0.4) is 0 Å². The number of alkyl halides is 2. The van der Waals surface area contributed by atoms with Crippen LogP contribution in [0.4, 0.5) is 8.78 Å². The third-order valence-corrected chi connectivity index (χ3v) is 2.96. The molecule has 0 aliphatic carbocycles. The largest absolute Gasteiger partial charge is 0.375 e. The number of rotatable bonds is 1. The Labute approximate surface area is 92.9 Å². The van der Waals surface area contributed by atoms with Crippen molar-refractivity contribution < 1.29 is 18.3 Å². The van der Waals surface area contributed by atoms with Crippen molar-refractivity contribution in [2.75, 3.05) is 26.2 Å². The Morgan fingerprint density at radius 1 is 1.56 bits per heavy atom. The number of carbonyl (C=O) groups is 1. The minimum Gasteiger partial charge on any atom is -0.375 e. The van der Waals surface area contributed by atoms with Gasteiger partial charge in [-0.25, -0.2) is 8.78 Å². The van der Waals surface area contributed by atoms with E-state index in [1.807, 2.05) is 6.92 Å². The van der Waals surface area contributed by atoms with Gasteiger partial charge in [-0.3, -0.25) is 10.1 Å². The summed E-state index contributed by atoms with van der Waals surface area (Å²) in [6.45, 7) is 2.94. The molecule has 2 rings (SSSR count). The lowest BCUT2D eigenvalue weighted by atomic mass is 10.1. The Hall–Kier alpha value is -0.750. The summed E-state index contributed by atoms with van der Waals surface area (Å²) in [5.74, 6) is -2.98. The summed E-state index contributed by atoms with van der Waals surface area (Å²) in [5.41, 5.74) is 0. The molecule has 2 aliphatic heterocycles. The summed E-state index contributed by atoms with van der Waals surface area (Å²) in [4.78, 5) is 13.5. The molecule has 16 heavy (non-hydrogen) atoms. The summed E-state index contributed by atoms with van der Waals surface area (Å²) in [6, 6.07) is -0.736. The average molecular weight is 234 g/mol. The molecule has 2 unspecified atom stereocenters. The van der Waals surface area contributed by atoms with Crippen molar-refractivity contribution in [3.05, 3.63) is 0 Å². The van der Waals surface area contributed by atoms with Crippen LogP contribution in [0.2, 0.25) is 0 Å². The second kappa shape index (κ2) is 4.25. The smallest absolute Gasteiger partial charge is 0.262 e. The van der Waals surface area contributed by atoms with Crippen LogP contribution in [0.25, 0.3) is 0 Å². The van der Waals surface area contributed by atoms with Crippen molar-refractivity contribution >= 4 is 5.91 Å². The van der Waals surface area contributed by atoms with E-state index in [2.05, 4.69) is 5.32 Å². The highest BCUT2D eigenvalue weighted by Gasteiger charge is 2.43. The van der Waals surface area contributed by atoms with Gasteiger partial charge >= 0.3 is 0 Å². The zero-order valence-electron chi connectivity index (χ0n) is 9.21. The topological polar surface area (TPSA) is 41.6 Å². The molecule has 2 saturated heterocycles. The highest BCUT2D eigenvalue weighted by molar-refractivity contribution is 5.82. The Morgan fingerprint density at radius 2 is 2.31 bits per heavy atom. The van der Waals surface area contributed by atoms with Gasteiger partial charge in [0.25, 0.3) is 5.92 Å². The van der Waals surface area contributed by atoms with E-state index in [1.165, 1.54) is 0 Å². The maximum Gasteiger partial charge on any atom is 0.262 e. The van der Waals surface area contributed by atoms with Gasteiger partial charge in [0.1, 0.15) is 0 Å². The summed E-state index contributed by atoms with van der Waals surface area (Å²) in [6.07, 6.45) is -0.406. The van der Waals surface area contributed by atoms with E-state index in [4.69, 9.17) is 4.74 Å². The normalized spacial score (nSPS) is 34.1. The SMILES string of the molecule is CC1CN(C(=O)C2CC(F)(F)CN2)CCO1. The van der Waals surface area contributed by atoms with E-state index in [0.717, 1.165) is 0 Å². The highest BCUT2D eigenvalue weighted by Crippen LogP contribution is 2.26. The molecule has 0 saturated carbocycles. The van der Waals surface area contributed by atoms with Gasteiger partial charge in [0, 0.05) is 19.5 Å². The zero-order chi connectivity index (χ0) is 11.8. The maximum absolute atomic E-state index is 12.9. The van der Waals surface area contributed by atoms with Gasteiger partial charge < -0.3 is 9.64 Å². The van der Waals surface area contributed by atoms with Gasteiger partial charge in [0.2, 0.25) is 5.91 Å². The lowest BCUT2D eigenvalue weighted by Gasteiger charge is -2.32. The fourth-order valence-electron chi connectivity index (χ4n) is 2.13. The lowest BCUT2D eigenvalue weighted by molar-refractivity contribution is -0.140. The Morgan fingerprint density at radius 3 is 2.88 bits per heavy atom. The lowest BCUT2D eigenvalue weighted by Crippen LogP contribution is -2.50. The molecule has 0 aromatic heterocycles. The average Bonchev–Trinajstić information content (AvgIpc) is 2.58. The molecule has 0 radical (unpaired) electrons. The quantitative estimate of drug-likeness (QED) is 0.706. The summed E-state index contributed by atoms with van der Waals surface area (Å²) < 4.78 is 31.2. The van der Waals surface area contributed by atoms with Crippen LogP contribution in [0.1, 0.15) is 13.3 Å². The van der Waals surface area contributed by atoms with E-state index in [1.54, 1.807) is 4.90 Å². The van der Waals surface area contributed by atoms with Crippen molar-refractivity contribution in [1.29, 1.82) is 0 Å². The minimum atomic E-state index is -2.75. The van der Waals surface area contributed by atoms with Crippen LogP contribution in [0.15, 0.2) is 0 Å². The molecule has 2 fully saturated rings. The van der Waals surface area contributed by atoms with E-state index < -0.39 is 24.9 Å². The second-order valence-electron chi connectivity index (χ2n) is 4.46. The van der Waals surface area contributed by atoms with Crippen molar-refractivity contribution in [1.82, 2.24) is 10.2 Å². The zero-order valence-corrected chi connectivity index (χ0v) is 9.21. The molecule has 0 aromatic carbocycles. The first-order valence-corrected chi connectivity index (χ1v) is 5.49. The first-order chi connectivity index (χ1) is 7.48. The van der Waals surface area contributed by atoms with Gasteiger partial charge in [-0.15, -0.1) is 0 Å². The standard InChI is InChI=1S/C10H16F2N2O2/c1-7-5-14(2-3-16-7)9(15)8-4-10(11,12)6-13-8/h7-8,13H,2-6H2,1H3. The molecular formula is C10H16F2N2O2. The second-order valence-corrected chi connectivity index (χ2v) is 4.46. The number of nitrogens with zero attached hydrogens (tertiary/aromatic N) is 1. The summed E-state index contributed by atoms with van der Waals surface area (Å²) in [5, 5.41) is 2.58. The molecule has 92 valence electrons. The third kappa shape index (κ3) is 2.49. The van der Waals surface area contributed by atoms with Crippen LogP contribution >= 0.6 is 0 Å². The van der Waals surface area contributed by atoms with Crippen molar-refractivity contribution in [3.63, 3.8) is 0 Å². The molecule has 6 heteroatoms. The molecule has 2 atom stereocenters. The molecule has 2 heterocycles. The fraction of sp³-hybridized carbons (Fsp3) is 0.900. The number of carbonyl (C=O) groups excluding carboxylic acids is 1. The predicted molar refractivity (Wildman–Crippen MR) is 53.3 cm³/mol. The van der Waals surface area contributed by atoms with E-state index in [9.17, 15) is 13.6 Å². The van der Waals surface area contributed by atoms with Crippen LogP contribution < -0.4 is 5.32 Å². The number of nitrogens with one attached hydrogen (secondary N) is 1. The van der Waals surface area contributed by atoms with Crippen LogP contribution in [-0.4, -0.2) is 55.1 Å². The molecule has 0 aromatic rings. The third-order valence-electron chi connectivity index (χ3n) is 2.96. The number of hydrogen-bond donors (Lipinski definition) is 1.